The third-order valence-electron chi connectivity index (χ3n) is 3.94. The third-order valence-corrected chi connectivity index (χ3v) is 3.94. The van der Waals surface area contributed by atoms with Gasteiger partial charge in [-0.3, -0.25) is 15.1 Å². The number of anilines is 1. The van der Waals surface area contributed by atoms with Crippen LogP contribution in [0.25, 0.3) is 10.9 Å². The normalized spacial score (nSPS) is 11.5. The van der Waals surface area contributed by atoms with Crippen molar-refractivity contribution >= 4 is 28.5 Å². The van der Waals surface area contributed by atoms with E-state index in [2.05, 4.69) is 32.7 Å². The van der Waals surface area contributed by atoms with Gasteiger partial charge in [0.15, 0.2) is 5.96 Å². The molecule has 1 aromatic heterocycles. The van der Waals surface area contributed by atoms with Crippen molar-refractivity contribution in [1.29, 1.82) is 0 Å². The van der Waals surface area contributed by atoms with E-state index in [1.807, 2.05) is 36.4 Å². The molecule has 1 amide bonds. The Bertz CT molecular complexity index is 899. The van der Waals surface area contributed by atoms with Crippen molar-refractivity contribution in [2.24, 2.45) is 10.7 Å². The van der Waals surface area contributed by atoms with Crippen molar-refractivity contribution in [2.45, 2.75) is 6.42 Å². The fourth-order valence-corrected chi connectivity index (χ4v) is 2.59. The van der Waals surface area contributed by atoms with Gasteiger partial charge in [-0.2, -0.15) is 0 Å². The molecule has 6 nitrogen and oxygen atoms in total. The Labute approximate surface area is 146 Å². The molecule has 5 N–H and O–H groups in total. The highest BCUT2D eigenvalue weighted by Crippen LogP contribution is 2.20. The molecule has 0 aliphatic carbocycles. The molecular formula is C19H21N5O. The van der Waals surface area contributed by atoms with Gasteiger partial charge in [0.2, 0.25) is 0 Å². The lowest BCUT2D eigenvalue weighted by atomic mass is 10.1. The van der Waals surface area contributed by atoms with E-state index in [0.717, 1.165) is 29.6 Å². The largest absolute Gasteiger partial charge is 0.385 e. The maximum atomic E-state index is 12.1. The second-order valence-corrected chi connectivity index (χ2v) is 5.71. The molecule has 3 aromatic rings. The quantitative estimate of drug-likeness (QED) is 0.426. The van der Waals surface area contributed by atoms with Gasteiger partial charge in [0.1, 0.15) is 5.69 Å². The van der Waals surface area contributed by atoms with Gasteiger partial charge in [-0.25, -0.2) is 0 Å². The molecule has 128 valence electrons. The van der Waals surface area contributed by atoms with Crippen LogP contribution >= 0.6 is 0 Å². The highest BCUT2D eigenvalue weighted by molar-refractivity contribution is 6.06. The van der Waals surface area contributed by atoms with Crippen molar-refractivity contribution in [3.63, 3.8) is 0 Å². The monoisotopic (exact) mass is 335 g/mol. The van der Waals surface area contributed by atoms with E-state index in [1.54, 1.807) is 6.07 Å². The Balaban J connectivity index is 1.66. The Morgan fingerprint density at radius 3 is 2.72 bits per heavy atom. The van der Waals surface area contributed by atoms with Crippen LogP contribution < -0.4 is 16.4 Å². The lowest BCUT2D eigenvalue weighted by molar-refractivity contribution is 0.0972. The van der Waals surface area contributed by atoms with E-state index in [9.17, 15) is 4.79 Å². The highest BCUT2D eigenvalue weighted by atomic mass is 16.2. The number of rotatable bonds is 5. The number of amides is 1. The van der Waals surface area contributed by atoms with Gasteiger partial charge in [-0.15, -0.1) is 0 Å². The lowest BCUT2D eigenvalue weighted by Gasteiger charge is -2.06. The molecule has 0 aliphatic heterocycles. The Hall–Kier alpha value is -3.28. The number of aromatic nitrogens is 1. The van der Waals surface area contributed by atoms with Gasteiger partial charge in [0.25, 0.3) is 5.91 Å². The number of hydrogen-bond donors (Lipinski definition) is 4. The summed E-state index contributed by atoms with van der Waals surface area (Å²) >= 11 is 0. The molecule has 0 unspecified atom stereocenters. The van der Waals surface area contributed by atoms with Gasteiger partial charge < -0.3 is 16.0 Å². The molecule has 3 rings (SSSR count). The average Bonchev–Trinajstić information content (AvgIpc) is 3.06. The van der Waals surface area contributed by atoms with Gasteiger partial charge in [0, 0.05) is 30.2 Å². The number of hydrogen-bond acceptors (Lipinski definition) is 3. The predicted octanol–water partition coefficient (Wildman–Crippen LogP) is 2.50. The molecule has 1 heterocycles. The van der Waals surface area contributed by atoms with E-state index >= 15 is 0 Å². The fraction of sp³-hybridized carbons (Fsp3) is 0.158. The van der Waals surface area contributed by atoms with Crippen molar-refractivity contribution in [3.8, 4) is 0 Å². The SMILES string of the molecule is CN=C(N)NC(=O)c1cc2ccc(NCCc3ccccc3)cc2[nH]1. The summed E-state index contributed by atoms with van der Waals surface area (Å²) in [5, 5.41) is 6.88. The van der Waals surface area contributed by atoms with E-state index in [-0.39, 0.29) is 11.9 Å². The first-order valence-electron chi connectivity index (χ1n) is 8.10. The predicted molar refractivity (Wildman–Crippen MR) is 102 cm³/mol. The molecule has 0 spiro atoms. The standard InChI is InChI=1S/C19H21N5O/c1-21-19(20)24-18(25)17-11-14-7-8-15(12-16(14)23-17)22-10-9-13-5-3-2-4-6-13/h2-8,11-12,22-23H,9-10H2,1H3,(H3,20,21,24,25). The van der Waals surface area contributed by atoms with E-state index in [4.69, 9.17) is 5.73 Å². The van der Waals surface area contributed by atoms with Crippen molar-refractivity contribution < 1.29 is 4.79 Å². The number of aromatic amines is 1. The number of H-pyrrole nitrogens is 1. The Morgan fingerprint density at radius 1 is 1.16 bits per heavy atom. The molecule has 6 heteroatoms. The van der Waals surface area contributed by atoms with E-state index < -0.39 is 0 Å². The molecule has 25 heavy (non-hydrogen) atoms. The van der Waals surface area contributed by atoms with Crippen molar-refractivity contribution in [3.05, 3.63) is 65.9 Å². The third kappa shape index (κ3) is 4.17. The van der Waals surface area contributed by atoms with Crippen LogP contribution in [0.5, 0.6) is 0 Å². The topological polar surface area (TPSA) is 95.3 Å². The smallest absolute Gasteiger partial charge is 0.274 e. The molecule has 2 aromatic carbocycles. The van der Waals surface area contributed by atoms with Gasteiger partial charge >= 0.3 is 0 Å². The minimum absolute atomic E-state index is 0.0897. The summed E-state index contributed by atoms with van der Waals surface area (Å²) < 4.78 is 0. The number of fused-ring (bicyclic) bond motifs is 1. The van der Waals surface area contributed by atoms with Crippen molar-refractivity contribution in [1.82, 2.24) is 10.3 Å². The molecule has 0 saturated heterocycles. The lowest BCUT2D eigenvalue weighted by Crippen LogP contribution is -2.36. The van der Waals surface area contributed by atoms with Crippen LogP contribution in [0.2, 0.25) is 0 Å². The average molecular weight is 335 g/mol. The Kier molecular flexibility index (Phi) is 4.99. The number of aliphatic imine (C=N–C) groups is 1. The molecule has 0 radical (unpaired) electrons. The molecule has 0 fully saturated rings. The van der Waals surface area contributed by atoms with E-state index in [1.165, 1.54) is 12.6 Å². The summed E-state index contributed by atoms with van der Waals surface area (Å²) in [6, 6.07) is 18.1. The van der Waals surface area contributed by atoms with Gasteiger partial charge in [0.05, 0.1) is 0 Å². The summed E-state index contributed by atoms with van der Waals surface area (Å²) in [7, 11) is 1.52. The minimum atomic E-state index is -0.308. The molecular weight excluding hydrogens is 314 g/mol. The molecule has 0 bridgehead atoms. The van der Waals surface area contributed by atoms with Crippen LogP contribution in [-0.2, 0) is 6.42 Å². The summed E-state index contributed by atoms with van der Waals surface area (Å²) in [6.45, 7) is 0.840. The van der Waals surface area contributed by atoms with E-state index in [0.29, 0.717) is 5.69 Å². The summed E-state index contributed by atoms with van der Waals surface area (Å²) in [6.07, 6.45) is 0.951. The van der Waals surface area contributed by atoms with Crippen LogP contribution in [0.15, 0.2) is 59.6 Å². The summed E-state index contributed by atoms with van der Waals surface area (Å²) in [5.41, 5.74) is 9.17. The molecule has 0 saturated carbocycles. The first kappa shape index (κ1) is 16.6. The summed E-state index contributed by atoms with van der Waals surface area (Å²) in [5.74, 6) is -0.218. The first-order chi connectivity index (χ1) is 12.2. The zero-order valence-corrected chi connectivity index (χ0v) is 14.0. The number of nitrogens with one attached hydrogen (secondary N) is 3. The second kappa shape index (κ2) is 7.53. The molecule has 0 atom stereocenters. The number of guanidine groups is 1. The maximum Gasteiger partial charge on any atom is 0.274 e. The van der Waals surface area contributed by atoms with Gasteiger partial charge in [-0.05, 0) is 30.2 Å². The minimum Gasteiger partial charge on any atom is -0.385 e. The number of carbonyl (C=O) groups excluding carboxylic acids is 1. The van der Waals surface area contributed by atoms with Gasteiger partial charge in [-0.1, -0.05) is 36.4 Å². The van der Waals surface area contributed by atoms with Crippen LogP contribution in [0.3, 0.4) is 0 Å². The summed E-state index contributed by atoms with van der Waals surface area (Å²) in [4.78, 5) is 18.9. The zero-order valence-electron chi connectivity index (χ0n) is 14.0. The number of carbonyl (C=O) groups is 1. The zero-order chi connectivity index (χ0) is 17.6. The van der Waals surface area contributed by atoms with Crippen LogP contribution in [0.1, 0.15) is 16.1 Å². The second-order valence-electron chi connectivity index (χ2n) is 5.71. The van der Waals surface area contributed by atoms with Crippen LogP contribution in [0.4, 0.5) is 5.69 Å². The number of benzene rings is 2. The maximum absolute atomic E-state index is 12.1. The van der Waals surface area contributed by atoms with Crippen LogP contribution in [0, 0.1) is 0 Å². The first-order valence-corrected chi connectivity index (χ1v) is 8.10. The Morgan fingerprint density at radius 2 is 1.96 bits per heavy atom. The highest BCUT2D eigenvalue weighted by Gasteiger charge is 2.10. The van der Waals surface area contributed by atoms with Crippen LogP contribution in [-0.4, -0.2) is 30.4 Å². The molecule has 0 aliphatic rings. The number of nitrogens with zero attached hydrogens (tertiary/aromatic N) is 1. The fourth-order valence-electron chi connectivity index (χ4n) is 2.59. The van der Waals surface area contributed by atoms with Crippen molar-refractivity contribution in [2.75, 3.05) is 18.9 Å². The number of nitrogens with two attached hydrogens (primary N) is 1.